The lowest BCUT2D eigenvalue weighted by molar-refractivity contribution is 0.184. The highest BCUT2D eigenvalue weighted by Crippen LogP contribution is 2.36. The van der Waals surface area contributed by atoms with Gasteiger partial charge in [-0.05, 0) is 50.1 Å². The molecule has 0 aromatic carbocycles. The van der Waals surface area contributed by atoms with Crippen LogP contribution in [0.3, 0.4) is 0 Å². The Bertz CT molecular complexity index is 197. The summed E-state index contributed by atoms with van der Waals surface area (Å²) < 4.78 is 0. The minimum Gasteiger partial charge on any atom is -0.317 e. The van der Waals surface area contributed by atoms with Crippen molar-refractivity contribution in [3.63, 3.8) is 0 Å². The van der Waals surface area contributed by atoms with Gasteiger partial charge in [-0.1, -0.05) is 20.3 Å². The molecular weight excluding hydrogens is 184 g/mol. The number of hydrogen-bond acceptors (Lipinski definition) is 2. The third-order valence-corrected chi connectivity index (χ3v) is 4.60. The molecule has 1 heterocycles. The second kappa shape index (κ2) is 4.84. The lowest BCUT2D eigenvalue weighted by Crippen LogP contribution is -2.43. The minimum absolute atomic E-state index is 0.603. The Labute approximate surface area is 94.2 Å². The Balaban J connectivity index is 1.75. The van der Waals surface area contributed by atoms with Crippen molar-refractivity contribution < 1.29 is 0 Å². The van der Waals surface area contributed by atoms with Gasteiger partial charge in [0.1, 0.15) is 0 Å². The van der Waals surface area contributed by atoms with Gasteiger partial charge in [-0.3, -0.25) is 0 Å². The standard InChI is InChI=1S/C13H26N2/c1-3-11-9-12(11)15-10-13(4-2)5-7-14-8-6-13/h11-12,14-15H,3-10H2,1-2H3. The molecule has 1 aliphatic heterocycles. The SMILES string of the molecule is CCC1CC1NCC1(CC)CCNCC1. The highest BCUT2D eigenvalue weighted by Gasteiger charge is 2.37. The van der Waals surface area contributed by atoms with E-state index in [0.717, 1.165) is 12.0 Å². The van der Waals surface area contributed by atoms with Crippen molar-refractivity contribution in [2.45, 2.75) is 52.0 Å². The quantitative estimate of drug-likeness (QED) is 0.726. The molecule has 0 aromatic rings. The van der Waals surface area contributed by atoms with Crippen LogP contribution in [0.2, 0.25) is 0 Å². The zero-order chi connectivity index (χ0) is 10.7. The third kappa shape index (κ3) is 2.73. The van der Waals surface area contributed by atoms with Crippen molar-refractivity contribution >= 4 is 0 Å². The zero-order valence-corrected chi connectivity index (χ0v) is 10.3. The van der Waals surface area contributed by atoms with Gasteiger partial charge in [-0.2, -0.15) is 0 Å². The minimum atomic E-state index is 0.603. The molecule has 2 aliphatic rings. The predicted molar refractivity (Wildman–Crippen MR) is 65.0 cm³/mol. The summed E-state index contributed by atoms with van der Waals surface area (Å²) in [6.07, 6.45) is 6.85. The average molecular weight is 210 g/mol. The predicted octanol–water partition coefficient (Wildman–Crippen LogP) is 2.15. The van der Waals surface area contributed by atoms with E-state index in [-0.39, 0.29) is 0 Å². The highest BCUT2D eigenvalue weighted by molar-refractivity contribution is 4.95. The summed E-state index contributed by atoms with van der Waals surface area (Å²) in [5.41, 5.74) is 0.603. The molecule has 1 saturated heterocycles. The molecule has 88 valence electrons. The molecule has 2 N–H and O–H groups in total. The van der Waals surface area contributed by atoms with Crippen LogP contribution in [-0.2, 0) is 0 Å². The van der Waals surface area contributed by atoms with Gasteiger partial charge < -0.3 is 10.6 Å². The van der Waals surface area contributed by atoms with Gasteiger partial charge in [0.2, 0.25) is 0 Å². The maximum Gasteiger partial charge on any atom is 0.00992 e. The van der Waals surface area contributed by atoms with Crippen LogP contribution < -0.4 is 10.6 Å². The van der Waals surface area contributed by atoms with Crippen molar-refractivity contribution in [1.29, 1.82) is 0 Å². The number of nitrogens with one attached hydrogen (secondary N) is 2. The van der Waals surface area contributed by atoms with Crippen LogP contribution in [-0.4, -0.2) is 25.7 Å². The summed E-state index contributed by atoms with van der Waals surface area (Å²) in [5, 5.41) is 7.26. The molecule has 2 unspecified atom stereocenters. The Hall–Kier alpha value is -0.0800. The molecule has 2 fully saturated rings. The Morgan fingerprint density at radius 2 is 2.00 bits per heavy atom. The highest BCUT2D eigenvalue weighted by atomic mass is 15.0. The van der Waals surface area contributed by atoms with Crippen molar-refractivity contribution in [1.82, 2.24) is 10.6 Å². The van der Waals surface area contributed by atoms with Crippen LogP contribution in [0.25, 0.3) is 0 Å². The van der Waals surface area contributed by atoms with Crippen molar-refractivity contribution in [3.8, 4) is 0 Å². The number of hydrogen-bond donors (Lipinski definition) is 2. The first kappa shape index (κ1) is 11.4. The fraction of sp³-hybridized carbons (Fsp3) is 1.00. The van der Waals surface area contributed by atoms with Gasteiger partial charge in [0.05, 0.1) is 0 Å². The Morgan fingerprint density at radius 1 is 1.27 bits per heavy atom. The zero-order valence-electron chi connectivity index (χ0n) is 10.3. The molecule has 1 saturated carbocycles. The van der Waals surface area contributed by atoms with Crippen LogP contribution in [0.15, 0.2) is 0 Å². The molecule has 15 heavy (non-hydrogen) atoms. The van der Waals surface area contributed by atoms with Gasteiger partial charge >= 0.3 is 0 Å². The first-order valence-electron chi connectivity index (χ1n) is 6.74. The molecule has 2 heteroatoms. The Morgan fingerprint density at radius 3 is 2.53 bits per heavy atom. The van der Waals surface area contributed by atoms with Crippen LogP contribution >= 0.6 is 0 Å². The van der Waals surface area contributed by atoms with E-state index in [9.17, 15) is 0 Å². The first-order chi connectivity index (χ1) is 7.29. The normalized spacial score (nSPS) is 34.0. The van der Waals surface area contributed by atoms with Crippen LogP contribution in [0.5, 0.6) is 0 Å². The molecule has 2 nitrogen and oxygen atoms in total. The molecule has 0 spiro atoms. The first-order valence-corrected chi connectivity index (χ1v) is 6.74. The van der Waals surface area contributed by atoms with Gasteiger partial charge in [0.15, 0.2) is 0 Å². The van der Waals surface area contributed by atoms with Gasteiger partial charge in [0.25, 0.3) is 0 Å². The van der Waals surface area contributed by atoms with Crippen molar-refractivity contribution in [2.75, 3.05) is 19.6 Å². The van der Waals surface area contributed by atoms with Crippen molar-refractivity contribution in [3.05, 3.63) is 0 Å². The molecule has 2 atom stereocenters. The maximum absolute atomic E-state index is 3.79. The second-order valence-electron chi connectivity index (χ2n) is 5.49. The molecule has 1 aliphatic carbocycles. The van der Waals surface area contributed by atoms with Crippen LogP contribution in [0.1, 0.15) is 46.0 Å². The Kier molecular flexibility index (Phi) is 3.68. The van der Waals surface area contributed by atoms with Gasteiger partial charge in [-0.15, -0.1) is 0 Å². The molecule has 0 aromatic heterocycles. The van der Waals surface area contributed by atoms with Gasteiger partial charge in [-0.25, -0.2) is 0 Å². The molecule has 0 amide bonds. The van der Waals surface area contributed by atoms with E-state index in [2.05, 4.69) is 24.5 Å². The van der Waals surface area contributed by atoms with E-state index in [4.69, 9.17) is 0 Å². The molecular formula is C13H26N2. The monoisotopic (exact) mass is 210 g/mol. The van der Waals surface area contributed by atoms with Crippen molar-refractivity contribution in [2.24, 2.45) is 11.3 Å². The van der Waals surface area contributed by atoms with E-state index in [0.29, 0.717) is 5.41 Å². The summed E-state index contributed by atoms with van der Waals surface area (Å²) in [6.45, 7) is 8.37. The fourth-order valence-corrected chi connectivity index (χ4v) is 2.91. The lowest BCUT2D eigenvalue weighted by atomic mass is 9.76. The molecule has 2 rings (SSSR count). The van der Waals surface area contributed by atoms with E-state index < -0.39 is 0 Å². The smallest absolute Gasteiger partial charge is 0.00992 e. The number of piperidine rings is 1. The molecule has 0 radical (unpaired) electrons. The largest absolute Gasteiger partial charge is 0.317 e. The average Bonchev–Trinajstić information content (AvgIpc) is 3.06. The lowest BCUT2D eigenvalue weighted by Gasteiger charge is -2.37. The van der Waals surface area contributed by atoms with E-state index >= 15 is 0 Å². The maximum atomic E-state index is 3.79. The summed E-state index contributed by atoms with van der Waals surface area (Å²) >= 11 is 0. The second-order valence-corrected chi connectivity index (χ2v) is 5.49. The number of rotatable bonds is 5. The van der Waals surface area contributed by atoms with Gasteiger partial charge in [0, 0.05) is 12.6 Å². The topological polar surface area (TPSA) is 24.1 Å². The van der Waals surface area contributed by atoms with E-state index in [1.807, 2.05) is 0 Å². The summed E-state index contributed by atoms with van der Waals surface area (Å²) in [4.78, 5) is 0. The van der Waals surface area contributed by atoms with Crippen LogP contribution in [0.4, 0.5) is 0 Å². The summed E-state index contributed by atoms with van der Waals surface area (Å²) in [7, 11) is 0. The van der Waals surface area contributed by atoms with E-state index in [1.54, 1.807) is 0 Å². The summed E-state index contributed by atoms with van der Waals surface area (Å²) in [5.74, 6) is 0.987. The van der Waals surface area contributed by atoms with Crippen LogP contribution in [0, 0.1) is 11.3 Å². The third-order valence-electron chi connectivity index (χ3n) is 4.60. The summed E-state index contributed by atoms with van der Waals surface area (Å²) in [6, 6.07) is 0.855. The molecule has 0 bridgehead atoms. The fourth-order valence-electron chi connectivity index (χ4n) is 2.91. The van der Waals surface area contributed by atoms with E-state index in [1.165, 1.54) is 51.7 Å².